The molecule has 8 nitrogen and oxygen atoms in total. The van der Waals surface area contributed by atoms with Gasteiger partial charge >= 0.3 is 0 Å². The maximum absolute atomic E-state index is 12.7. The van der Waals surface area contributed by atoms with Crippen LogP contribution in [0.25, 0.3) is 11.4 Å². The zero-order valence-corrected chi connectivity index (χ0v) is 17.7. The molecule has 29 heavy (non-hydrogen) atoms. The number of nitriles is 1. The maximum Gasteiger partial charge on any atom is 0.257 e. The minimum Gasteiger partial charge on any atom is -0.332 e. The lowest BCUT2D eigenvalue weighted by Gasteiger charge is -2.09. The van der Waals surface area contributed by atoms with Gasteiger partial charge in [0.25, 0.3) is 5.91 Å². The number of nitrogens with zero attached hydrogens (tertiary/aromatic N) is 3. The van der Waals surface area contributed by atoms with E-state index in [2.05, 4.69) is 37.0 Å². The van der Waals surface area contributed by atoms with Gasteiger partial charge in [0.05, 0.1) is 35.0 Å². The predicted octanol–water partition coefficient (Wildman–Crippen LogP) is 3.46. The van der Waals surface area contributed by atoms with Gasteiger partial charge in [0.1, 0.15) is 6.54 Å². The van der Waals surface area contributed by atoms with Gasteiger partial charge in [-0.15, -0.1) is 0 Å². The fourth-order valence-corrected chi connectivity index (χ4v) is 3.75. The van der Waals surface area contributed by atoms with E-state index in [0.717, 1.165) is 6.26 Å². The smallest absolute Gasteiger partial charge is 0.257 e. The van der Waals surface area contributed by atoms with Crippen molar-refractivity contribution < 1.29 is 13.2 Å². The number of sulfonamides is 1. The number of hydrogen-bond acceptors (Lipinski definition) is 5. The van der Waals surface area contributed by atoms with E-state index in [9.17, 15) is 13.2 Å². The monoisotopic (exact) mass is 473 g/mol. The second-order valence-corrected chi connectivity index (χ2v) is 8.84. The molecule has 0 saturated carbocycles. The van der Waals surface area contributed by atoms with Crippen molar-refractivity contribution in [3.05, 3.63) is 64.9 Å². The number of halogens is 1. The highest BCUT2D eigenvalue weighted by Gasteiger charge is 2.15. The van der Waals surface area contributed by atoms with Crippen molar-refractivity contribution in [3.63, 3.8) is 0 Å². The second kappa shape index (κ2) is 8.46. The van der Waals surface area contributed by atoms with Crippen LogP contribution in [0.5, 0.6) is 0 Å². The summed E-state index contributed by atoms with van der Waals surface area (Å²) >= 11 is 3.30. The van der Waals surface area contributed by atoms with Crippen LogP contribution in [0.3, 0.4) is 0 Å². The summed E-state index contributed by atoms with van der Waals surface area (Å²) in [6.07, 6.45) is 4.26. The number of amides is 1. The molecular weight excluding hydrogens is 458 g/mol. The predicted molar refractivity (Wildman–Crippen MR) is 114 cm³/mol. The van der Waals surface area contributed by atoms with Gasteiger partial charge in [-0.05, 0) is 36.4 Å². The van der Waals surface area contributed by atoms with Gasteiger partial charge < -0.3 is 9.88 Å². The lowest BCUT2D eigenvalue weighted by atomic mass is 10.2. The quantitative estimate of drug-likeness (QED) is 0.568. The Morgan fingerprint density at radius 2 is 2.00 bits per heavy atom. The highest BCUT2D eigenvalue weighted by atomic mass is 79.9. The molecule has 0 spiro atoms. The summed E-state index contributed by atoms with van der Waals surface area (Å²) in [6, 6.07) is 13.9. The number of hydrogen-bond donors (Lipinski definition) is 2. The van der Waals surface area contributed by atoms with E-state index in [1.54, 1.807) is 47.3 Å². The summed E-state index contributed by atoms with van der Waals surface area (Å²) < 4.78 is 27.5. The number of anilines is 2. The van der Waals surface area contributed by atoms with E-state index in [1.807, 2.05) is 6.07 Å². The molecule has 2 aromatic heterocycles. The van der Waals surface area contributed by atoms with Gasteiger partial charge in [0.15, 0.2) is 0 Å². The Labute approximate surface area is 176 Å². The van der Waals surface area contributed by atoms with Crippen LogP contribution in [0.2, 0.25) is 0 Å². The van der Waals surface area contributed by atoms with Crippen LogP contribution in [0.1, 0.15) is 10.4 Å². The fourth-order valence-electron chi connectivity index (χ4n) is 2.71. The van der Waals surface area contributed by atoms with Gasteiger partial charge in [-0.1, -0.05) is 22.0 Å². The van der Waals surface area contributed by atoms with Crippen molar-refractivity contribution in [2.75, 3.05) is 16.3 Å². The van der Waals surface area contributed by atoms with Crippen molar-refractivity contribution in [1.82, 2.24) is 9.55 Å². The number of benzene rings is 1. The molecule has 0 radical (unpaired) electrons. The molecule has 10 heteroatoms. The number of rotatable bonds is 6. The van der Waals surface area contributed by atoms with Crippen LogP contribution >= 0.6 is 15.9 Å². The molecule has 0 aliphatic rings. The average molecular weight is 474 g/mol. The molecule has 148 valence electrons. The first kappa shape index (κ1) is 20.6. The Kier molecular flexibility index (Phi) is 6.00. The maximum atomic E-state index is 12.7. The molecular formula is C19H16BrN5O3S. The third kappa shape index (κ3) is 5.43. The van der Waals surface area contributed by atoms with Gasteiger partial charge in [0.2, 0.25) is 10.0 Å². The van der Waals surface area contributed by atoms with E-state index in [1.165, 1.54) is 6.07 Å². The minimum atomic E-state index is -3.46. The van der Waals surface area contributed by atoms with Gasteiger partial charge in [0, 0.05) is 22.6 Å². The topological polar surface area (TPSA) is 117 Å². The van der Waals surface area contributed by atoms with Crippen molar-refractivity contribution in [2.24, 2.45) is 0 Å². The highest BCUT2D eigenvalue weighted by Crippen LogP contribution is 2.25. The molecule has 0 saturated heterocycles. The minimum absolute atomic E-state index is 0.0680. The summed E-state index contributed by atoms with van der Waals surface area (Å²) in [5.41, 5.74) is 2.35. The Bertz CT molecular complexity index is 1200. The first-order valence-electron chi connectivity index (χ1n) is 8.33. The molecule has 2 heterocycles. The van der Waals surface area contributed by atoms with Crippen molar-refractivity contribution in [3.8, 4) is 17.5 Å². The van der Waals surface area contributed by atoms with E-state index < -0.39 is 15.9 Å². The number of carbonyl (C=O) groups excluding carboxylic acids is 1. The van der Waals surface area contributed by atoms with Crippen LogP contribution in [-0.4, -0.2) is 30.1 Å². The average Bonchev–Trinajstić information content (AvgIpc) is 3.05. The first-order valence-corrected chi connectivity index (χ1v) is 11.0. The number of aromatic nitrogens is 2. The van der Waals surface area contributed by atoms with Crippen LogP contribution < -0.4 is 10.0 Å². The zero-order valence-electron chi connectivity index (χ0n) is 15.3. The van der Waals surface area contributed by atoms with E-state index in [-0.39, 0.29) is 6.54 Å². The number of nitrogens with one attached hydrogen (secondary N) is 2. The summed E-state index contributed by atoms with van der Waals surface area (Å²) in [4.78, 5) is 17.0. The summed E-state index contributed by atoms with van der Waals surface area (Å²) in [5.74, 6) is -0.401. The largest absolute Gasteiger partial charge is 0.332 e. The summed E-state index contributed by atoms with van der Waals surface area (Å²) in [7, 11) is -3.46. The Balaban J connectivity index is 1.89. The third-order valence-corrected chi connectivity index (χ3v) is 4.85. The van der Waals surface area contributed by atoms with E-state index >= 15 is 0 Å². The lowest BCUT2D eigenvalue weighted by molar-refractivity contribution is 0.102. The summed E-state index contributed by atoms with van der Waals surface area (Å²) in [5, 5.41) is 11.8. The molecule has 0 unspecified atom stereocenters. The molecule has 0 fully saturated rings. The van der Waals surface area contributed by atoms with Crippen LogP contribution in [0, 0.1) is 11.3 Å². The molecule has 2 N–H and O–H groups in total. The highest BCUT2D eigenvalue weighted by molar-refractivity contribution is 9.10. The molecule has 0 aliphatic heterocycles. The second-order valence-electron chi connectivity index (χ2n) is 6.17. The van der Waals surface area contributed by atoms with Crippen LogP contribution in [0.4, 0.5) is 11.4 Å². The molecule has 3 rings (SSSR count). The molecule has 0 atom stereocenters. The van der Waals surface area contributed by atoms with Gasteiger partial charge in [-0.25, -0.2) is 8.42 Å². The summed E-state index contributed by atoms with van der Waals surface area (Å²) in [6.45, 7) is 0.0680. The Hall–Kier alpha value is -3.16. The molecule has 1 aromatic carbocycles. The van der Waals surface area contributed by atoms with Gasteiger partial charge in [-0.2, -0.15) is 5.26 Å². The number of pyridine rings is 1. The van der Waals surface area contributed by atoms with E-state index in [0.29, 0.717) is 32.8 Å². The Morgan fingerprint density at radius 3 is 2.66 bits per heavy atom. The Morgan fingerprint density at radius 1 is 1.24 bits per heavy atom. The molecule has 1 amide bonds. The first-order chi connectivity index (χ1) is 13.7. The normalized spacial score (nSPS) is 10.9. The zero-order chi connectivity index (χ0) is 21.0. The van der Waals surface area contributed by atoms with Crippen molar-refractivity contribution in [1.29, 1.82) is 5.26 Å². The molecule has 0 bridgehead atoms. The fraction of sp³-hybridized carbons (Fsp3) is 0.105. The standard InChI is InChI=1S/C19H16BrN5O3S/c1-29(27,28)24-16-10-14(20)9-15(11-16)23-19(26)13-8-18(25(12-13)7-5-21)17-4-2-3-6-22-17/h2-4,6,8-12,24H,7H2,1H3,(H,23,26). The molecule has 0 aliphatic carbocycles. The molecule has 3 aromatic rings. The van der Waals surface area contributed by atoms with E-state index in [4.69, 9.17) is 5.26 Å². The van der Waals surface area contributed by atoms with Crippen molar-refractivity contribution in [2.45, 2.75) is 6.54 Å². The van der Waals surface area contributed by atoms with Crippen molar-refractivity contribution >= 4 is 43.2 Å². The number of carbonyl (C=O) groups is 1. The van der Waals surface area contributed by atoms with Gasteiger partial charge in [-0.3, -0.25) is 14.5 Å². The SMILES string of the molecule is CS(=O)(=O)Nc1cc(Br)cc(NC(=O)c2cc(-c3ccccn3)n(CC#N)c2)c1. The van der Waals surface area contributed by atoms with Crippen LogP contribution in [-0.2, 0) is 16.6 Å². The van der Waals surface area contributed by atoms with Crippen LogP contribution in [0.15, 0.2) is 59.3 Å². The lowest BCUT2D eigenvalue weighted by Crippen LogP contribution is -2.13. The third-order valence-electron chi connectivity index (χ3n) is 3.79.